The van der Waals surface area contributed by atoms with E-state index >= 15 is 0 Å². The molecule has 0 fully saturated rings. The molecule has 0 bridgehead atoms. The van der Waals surface area contributed by atoms with Crippen LogP contribution in [0.15, 0.2) is 48.7 Å². The van der Waals surface area contributed by atoms with Crippen LogP contribution in [0, 0.1) is 0 Å². The molecular weight excluding hydrogens is 337 g/mol. The molecule has 0 atom stereocenters. The monoisotopic (exact) mass is 347 g/mol. The number of pyridine rings is 2. The molecule has 0 saturated heterocycles. The van der Waals surface area contributed by atoms with Crippen LogP contribution in [0.3, 0.4) is 0 Å². The van der Waals surface area contributed by atoms with Crippen molar-refractivity contribution in [3.8, 4) is 11.4 Å². The normalized spacial score (nSPS) is 11.9. The van der Waals surface area contributed by atoms with Crippen molar-refractivity contribution < 1.29 is 0 Å². The van der Waals surface area contributed by atoms with Crippen molar-refractivity contribution in [3.63, 3.8) is 0 Å². The number of hydrogen-bond acceptors (Lipinski definition) is 5. The molecule has 27 heavy (non-hydrogen) atoms. The number of imidazole rings is 1. The number of nitrogens with zero attached hydrogens (tertiary/aromatic N) is 5. The maximum atomic E-state index is 5.97. The van der Waals surface area contributed by atoms with Crippen LogP contribution >= 0.6 is 0 Å². The van der Waals surface area contributed by atoms with E-state index in [1.54, 1.807) is 6.20 Å². The minimum atomic E-state index is 0.570. The number of para-hydroxylation sites is 1. The lowest BCUT2D eigenvalue weighted by atomic mass is 10.0. The van der Waals surface area contributed by atoms with Crippen LogP contribution in [-0.4, -0.2) is 43.2 Å². The second-order valence-electron chi connectivity index (χ2n) is 6.34. The van der Waals surface area contributed by atoms with Crippen molar-refractivity contribution >= 4 is 57.3 Å². The SMILES string of the molecule is [B]c1ccc2c3nc(-c4cccc5n[nH]nc45)nc3c3cccnc3c2[nH]1. The van der Waals surface area contributed by atoms with Crippen LogP contribution in [0.5, 0.6) is 0 Å². The third-order valence-corrected chi connectivity index (χ3v) is 4.77. The number of fused-ring (bicyclic) bond motifs is 7. The van der Waals surface area contributed by atoms with Crippen LogP contribution in [0.4, 0.5) is 0 Å². The second-order valence-corrected chi connectivity index (χ2v) is 6.34. The maximum Gasteiger partial charge on any atom is 0.162 e. The number of aromatic amines is 2. The van der Waals surface area contributed by atoms with E-state index in [4.69, 9.17) is 17.8 Å². The molecule has 7 nitrogen and oxygen atoms in total. The van der Waals surface area contributed by atoms with E-state index in [1.165, 1.54) is 0 Å². The predicted octanol–water partition coefficient (Wildman–Crippen LogP) is 2.39. The largest absolute Gasteiger partial charge is 0.366 e. The van der Waals surface area contributed by atoms with Gasteiger partial charge in [0.05, 0.1) is 11.0 Å². The van der Waals surface area contributed by atoms with E-state index in [1.807, 2.05) is 42.5 Å². The van der Waals surface area contributed by atoms with Gasteiger partial charge in [-0.3, -0.25) is 4.98 Å². The molecule has 2 aromatic carbocycles. The molecule has 4 aromatic heterocycles. The molecule has 124 valence electrons. The number of benzene rings is 2. The van der Waals surface area contributed by atoms with Gasteiger partial charge in [0.25, 0.3) is 0 Å². The van der Waals surface area contributed by atoms with Crippen LogP contribution in [0.25, 0.3) is 55.3 Å². The summed E-state index contributed by atoms with van der Waals surface area (Å²) >= 11 is 0. The molecule has 6 aromatic rings. The van der Waals surface area contributed by atoms with Crippen LogP contribution in [0.2, 0.25) is 0 Å². The zero-order valence-electron chi connectivity index (χ0n) is 13.9. The Balaban J connectivity index is 1.79. The van der Waals surface area contributed by atoms with E-state index in [0.29, 0.717) is 11.4 Å². The molecule has 0 saturated carbocycles. The fraction of sp³-hybridized carbons (Fsp3) is 0. The Labute approximate surface area is 153 Å². The van der Waals surface area contributed by atoms with Crippen molar-refractivity contribution in [1.82, 2.24) is 35.3 Å². The lowest BCUT2D eigenvalue weighted by Gasteiger charge is -2.06. The number of aromatic nitrogens is 7. The lowest BCUT2D eigenvalue weighted by molar-refractivity contribution is 0.959. The van der Waals surface area contributed by atoms with Crippen LogP contribution < -0.4 is 5.59 Å². The van der Waals surface area contributed by atoms with Gasteiger partial charge >= 0.3 is 0 Å². The van der Waals surface area contributed by atoms with Gasteiger partial charge in [0.15, 0.2) is 5.82 Å². The molecule has 0 aliphatic carbocycles. The first-order valence-corrected chi connectivity index (χ1v) is 8.42. The highest BCUT2D eigenvalue weighted by atomic mass is 15.3. The van der Waals surface area contributed by atoms with Crippen molar-refractivity contribution in [2.24, 2.45) is 0 Å². The third kappa shape index (κ3) is 1.95. The molecule has 2 N–H and O–H groups in total. The highest BCUT2D eigenvalue weighted by Gasteiger charge is 2.17. The van der Waals surface area contributed by atoms with Gasteiger partial charge in [-0.25, -0.2) is 9.97 Å². The number of hydrogen-bond donors (Lipinski definition) is 2. The highest BCUT2D eigenvalue weighted by Crippen LogP contribution is 2.34. The first kappa shape index (κ1) is 14.4. The van der Waals surface area contributed by atoms with Gasteiger partial charge in [-0.15, -0.1) is 0 Å². The standard InChI is InChI=1S/C19H10BN7/c20-13-7-6-10-16(22-13)15-9(4-2-8-21-15)17-18(10)24-19(23-17)11-3-1-5-12-14(11)26-27-25-12/h1-8,22H,(H,25,26,27). The fourth-order valence-corrected chi connectivity index (χ4v) is 3.58. The summed E-state index contributed by atoms with van der Waals surface area (Å²) in [5.41, 5.74) is 6.20. The Morgan fingerprint density at radius 2 is 1.67 bits per heavy atom. The smallest absolute Gasteiger partial charge is 0.162 e. The topological polar surface area (TPSA) is 96.0 Å². The molecule has 0 spiro atoms. The average molecular weight is 347 g/mol. The molecule has 0 aliphatic rings. The van der Waals surface area contributed by atoms with E-state index in [2.05, 4.69) is 25.4 Å². The molecule has 0 unspecified atom stereocenters. The Bertz CT molecular complexity index is 1500. The lowest BCUT2D eigenvalue weighted by Crippen LogP contribution is -2.07. The van der Waals surface area contributed by atoms with Gasteiger partial charge in [0, 0.05) is 22.5 Å². The first-order valence-electron chi connectivity index (χ1n) is 8.42. The molecule has 6 rings (SSSR count). The summed E-state index contributed by atoms with van der Waals surface area (Å²) in [6.45, 7) is 0. The molecule has 0 amide bonds. The molecule has 8 heteroatoms. The minimum Gasteiger partial charge on any atom is -0.366 e. The highest BCUT2D eigenvalue weighted by molar-refractivity contribution is 6.32. The van der Waals surface area contributed by atoms with E-state index in [0.717, 1.165) is 49.4 Å². The summed E-state index contributed by atoms with van der Waals surface area (Å²) in [7, 11) is 5.97. The maximum absolute atomic E-state index is 5.97. The second kappa shape index (κ2) is 5.10. The van der Waals surface area contributed by atoms with E-state index in [-0.39, 0.29) is 0 Å². The van der Waals surface area contributed by atoms with E-state index in [9.17, 15) is 0 Å². The number of nitrogens with one attached hydrogen (secondary N) is 2. The third-order valence-electron chi connectivity index (χ3n) is 4.77. The van der Waals surface area contributed by atoms with Crippen LogP contribution in [-0.2, 0) is 0 Å². The van der Waals surface area contributed by atoms with Gasteiger partial charge in [-0.1, -0.05) is 12.1 Å². The summed E-state index contributed by atoms with van der Waals surface area (Å²) in [4.78, 5) is 17.4. The van der Waals surface area contributed by atoms with Gasteiger partial charge < -0.3 is 4.98 Å². The quantitative estimate of drug-likeness (QED) is 0.352. The van der Waals surface area contributed by atoms with Crippen molar-refractivity contribution in [2.45, 2.75) is 0 Å². The molecule has 4 heterocycles. The van der Waals surface area contributed by atoms with Crippen LogP contribution in [0.1, 0.15) is 0 Å². The van der Waals surface area contributed by atoms with Crippen molar-refractivity contribution in [2.75, 3.05) is 0 Å². The molecule has 0 aliphatic heterocycles. The number of H-pyrrole nitrogens is 2. The van der Waals surface area contributed by atoms with E-state index < -0.39 is 0 Å². The number of rotatable bonds is 1. The zero-order valence-corrected chi connectivity index (χ0v) is 13.9. The van der Waals surface area contributed by atoms with Gasteiger partial charge in [0.1, 0.15) is 29.9 Å². The predicted molar refractivity (Wildman–Crippen MR) is 105 cm³/mol. The average Bonchev–Trinajstić information content (AvgIpc) is 3.35. The minimum absolute atomic E-state index is 0.570. The Hall–Kier alpha value is -3.81. The van der Waals surface area contributed by atoms with Crippen molar-refractivity contribution in [3.05, 3.63) is 48.7 Å². The summed E-state index contributed by atoms with van der Waals surface area (Å²) in [5, 5.41) is 12.9. The Kier molecular flexibility index (Phi) is 2.72. The Morgan fingerprint density at radius 1 is 0.778 bits per heavy atom. The van der Waals surface area contributed by atoms with Gasteiger partial charge in [0.2, 0.25) is 0 Å². The summed E-state index contributed by atoms with van der Waals surface area (Å²) in [6.07, 6.45) is 1.76. The van der Waals surface area contributed by atoms with Crippen molar-refractivity contribution in [1.29, 1.82) is 0 Å². The first-order chi connectivity index (χ1) is 13.3. The summed E-state index contributed by atoms with van der Waals surface area (Å²) < 4.78 is 0. The fourth-order valence-electron chi connectivity index (χ4n) is 3.58. The molecular formula is C19H10BN7. The Morgan fingerprint density at radius 3 is 2.59 bits per heavy atom. The summed E-state index contributed by atoms with van der Waals surface area (Å²) in [5.74, 6) is 0.610. The zero-order chi connectivity index (χ0) is 18.0. The summed E-state index contributed by atoms with van der Waals surface area (Å²) in [6, 6.07) is 13.4. The van der Waals surface area contributed by atoms with Gasteiger partial charge in [-0.2, -0.15) is 15.4 Å². The van der Waals surface area contributed by atoms with Gasteiger partial charge in [-0.05, 0) is 35.9 Å². The molecule has 2 radical (unpaired) electrons.